The van der Waals surface area contributed by atoms with Gasteiger partial charge in [-0.15, -0.1) is 0 Å². The molecule has 0 spiro atoms. The summed E-state index contributed by atoms with van der Waals surface area (Å²) in [5.41, 5.74) is 3.38. The quantitative estimate of drug-likeness (QED) is 0.730. The van der Waals surface area contributed by atoms with Gasteiger partial charge in [0.05, 0.1) is 0 Å². The molecular weight excluding hydrogens is 236 g/mol. The average molecular weight is 250 g/mol. The van der Waals surface area contributed by atoms with Crippen LogP contribution in [0.25, 0.3) is 10.9 Å². The average Bonchev–Trinajstić information content (AvgIpc) is 2.41. The molecule has 3 aromatic rings. The van der Waals surface area contributed by atoms with Gasteiger partial charge in [0.2, 0.25) is 0 Å². The molecular formula is C16H14N2O. The molecule has 3 nitrogen and oxygen atoms in total. The lowest BCUT2D eigenvalue weighted by molar-refractivity contribution is 1.29. The van der Waals surface area contributed by atoms with Crippen molar-refractivity contribution < 1.29 is 0 Å². The Morgan fingerprint density at radius 1 is 1.00 bits per heavy atom. The molecule has 2 aromatic carbocycles. The molecule has 3 heteroatoms. The maximum atomic E-state index is 12.0. The number of H-pyrrole nitrogens is 1. The number of pyridine rings is 1. The fourth-order valence-electron chi connectivity index (χ4n) is 2.10. The summed E-state index contributed by atoms with van der Waals surface area (Å²) in [4.78, 5) is 14.9. The third kappa shape index (κ3) is 2.36. The molecule has 1 aromatic heterocycles. The van der Waals surface area contributed by atoms with Crippen LogP contribution in [0, 0.1) is 6.92 Å². The topological polar surface area (TPSA) is 44.9 Å². The number of aromatic nitrogens is 1. The van der Waals surface area contributed by atoms with E-state index in [4.69, 9.17) is 0 Å². The molecule has 0 atom stereocenters. The minimum atomic E-state index is -0.111. The predicted molar refractivity (Wildman–Crippen MR) is 79.0 cm³/mol. The maximum absolute atomic E-state index is 12.0. The smallest absolute Gasteiger partial charge is 0.272 e. The Bertz CT molecular complexity index is 776. The van der Waals surface area contributed by atoms with Crippen LogP contribution in [0.2, 0.25) is 0 Å². The van der Waals surface area contributed by atoms with Gasteiger partial charge in [0.1, 0.15) is 5.69 Å². The van der Waals surface area contributed by atoms with Gasteiger partial charge in [-0.3, -0.25) is 4.79 Å². The third-order valence-electron chi connectivity index (χ3n) is 3.05. The Balaban J connectivity index is 2.08. The SMILES string of the molecule is Cc1ccc2[nH]c(=O)c(Nc3ccccc3)cc2c1. The van der Waals surface area contributed by atoms with Crippen molar-refractivity contribution in [1.29, 1.82) is 0 Å². The number of nitrogens with one attached hydrogen (secondary N) is 2. The fourth-order valence-corrected chi connectivity index (χ4v) is 2.10. The van der Waals surface area contributed by atoms with Crippen LogP contribution in [0.1, 0.15) is 5.56 Å². The van der Waals surface area contributed by atoms with Crippen molar-refractivity contribution in [3.8, 4) is 0 Å². The van der Waals surface area contributed by atoms with Gasteiger partial charge in [-0.05, 0) is 37.3 Å². The van der Waals surface area contributed by atoms with E-state index in [-0.39, 0.29) is 5.56 Å². The first-order chi connectivity index (χ1) is 9.22. The van der Waals surface area contributed by atoms with E-state index >= 15 is 0 Å². The molecule has 0 amide bonds. The molecule has 0 bridgehead atoms. The summed E-state index contributed by atoms with van der Waals surface area (Å²) in [6, 6.07) is 17.5. The van der Waals surface area contributed by atoms with Gasteiger partial charge >= 0.3 is 0 Å². The number of hydrogen-bond acceptors (Lipinski definition) is 2. The zero-order valence-corrected chi connectivity index (χ0v) is 10.6. The number of fused-ring (bicyclic) bond motifs is 1. The second-order valence-electron chi connectivity index (χ2n) is 4.59. The highest BCUT2D eigenvalue weighted by Crippen LogP contribution is 2.18. The van der Waals surface area contributed by atoms with E-state index < -0.39 is 0 Å². The molecule has 0 fully saturated rings. The van der Waals surface area contributed by atoms with Crippen LogP contribution in [0.5, 0.6) is 0 Å². The van der Waals surface area contributed by atoms with E-state index in [0.29, 0.717) is 5.69 Å². The second kappa shape index (κ2) is 4.61. The molecule has 1 heterocycles. The molecule has 2 N–H and O–H groups in total. The molecule has 0 aliphatic heterocycles. The van der Waals surface area contributed by atoms with Crippen molar-refractivity contribution in [3.63, 3.8) is 0 Å². The summed E-state index contributed by atoms with van der Waals surface area (Å²) in [5.74, 6) is 0. The van der Waals surface area contributed by atoms with Crippen LogP contribution in [-0.2, 0) is 0 Å². The molecule has 0 saturated carbocycles. The van der Waals surface area contributed by atoms with E-state index in [0.717, 1.165) is 16.6 Å². The lowest BCUT2D eigenvalue weighted by atomic mass is 10.1. The van der Waals surface area contributed by atoms with Crippen molar-refractivity contribution in [2.24, 2.45) is 0 Å². The Hall–Kier alpha value is -2.55. The minimum Gasteiger partial charge on any atom is -0.351 e. The normalized spacial score (nSPS) is 10.6. The summed E-state index contributed by atoms with van der Waals surface area (Å²) < 4.78 is 0. The van der Waals surface area contributed by atoms with Crippen LogP contribution >= 0.6 is 0 Å². The fraction of sp³-hybridized carbons (Fsp3) is 0.0625. The lowest BCUT2D eigenvalue weighted by Gasteiger charge is -2.07. The van der Waals surface area contributed by atoms with Crippen LogP contribution < -0.4 is 10.9 Å². The van der Waals surface area contributed by atoms with Gasteiger partial charge < -0.3 is 10.3 Å². The van der Waals surface area contributed by atoms with Gasteiger partial charge in [-0.25, -0.2) is 0 Å². The van der Waals surface area contributed by atoms with E-state index in [1.807, 2.05) is 55.5 Å². The van der Waals surface area contributed by atoms with Crippen LogP contribution in [0.15, 0.2) is 59.4 Å². The Kier molecular flexibility index (Phi) is 2.80. The number of benzene rings is 2. The monoisotopic (exact) mass is 250 g/mol. The molecule has 19 heavy (non-hydrogen) atoms. The highest BCUT2D eigenvalue weighted by molar-refractivity contribution is 5.83. The molecule has 0 saturated heterocycles. The van der Waals surface area contributed by atoms with Gasteiger partial charge in [-0.2, -0.15) is 0 Å². The number of rotatable bonds is 2. The standard InChI is InChI=1S/C16H14N2O/c1-11-7-8-14-12(9-11)10-15(16(19)18-14)17-13-5-3-2-4-6-13/h2-10,17H,1H3,(H,18,19). The number of para-hydroxylation sites is 1. The number of anilines is 2. The zero-order chi connectivity index (χ0) is 13.2. The van der Waals surface area contributed by atoms with Crippen molar-refractivity contribution in [1.82, 2.24) is 4.98 Å². The summed E-state index contributed by atoms with van der Waals surface area (Å²) in [5, 5.41) is 4.17. The number of aryl methyl sites for hydroxylation is 1. The molecule has 0 aliphatic rings. The first kappa shape index (κ1) is 11.5. The lowest BCUT2D eigenvalue weighted by Crippen LogP contribution is -2.11. The van der Waals surface area contributed by atoms with Crippen LogP contribution in [0.4, 0.5) is 11.4 Å². The molecule has 94 valence electrons. The molecule has 0 aliphatic carbocycles. The first-order valence-corrected chi connectivity index (χ1v) is 6.18. The Morgan fingerprint density at radius 3 is 2.58 bits per heavy atom. The van der Waals surface area contributed by atoms with Gasteiger partial charge in [0, 0.05) is 16.6 Å². The molecule has 3 rings (SSSR count). The van der Waals surface area contributed by atoms with Crippen LogP contribution in [0.3, 0.4) is 0 Å². The highest BCUT2D eigenvalue weighted by atomic mass is 16.1. The second-order valence-corrected chi connectivity index (χ2v) is 4.59. The van der Waals surface area contributed by atoms with E-state index in [1.165, 1.54) is 5.56 Å². The van der Waals surface area contributed by atoms with Crippen molar-refractivity contribution in [2.45, 2.75) is 6.92 Å². The number of aromatic amines is 1. The third-order valence-corrected chi connectivity index (χ3v) is 3.05. The van der Waals surface area contributed by atoms with Crippen molar-refractivity contribution in [2.75, 3.05) is 5.32 Å². The van der Waals surface area contributed by atoms with Gasteiger partial charge in [0.15, 0.2) is 0 Å². The van der Waals surface area contributed by atoms with E-state index in [2.05, 4.69) is 16.4 Å². The predicted octanol–water partition coefficient (Wildman–Crippen LogP) is 3.58. The zero-order valence-electron chi connectivity index (χ0n) is 10.6. The molecule has 0 unspecified atom stereocenters. The van der Waals surface area contributed by atoms with Crippen LogP contribution in [-0.4, -0.2) is 4.98 Å². The number of hydrogen-bond donors (Lipinski definition) is 2. The minimum absolute atomic E-state index is 0.111. The first-order valence-electron chi connectivity index (χ1n) is 6.18. The van der Waals surface area contributed by atoms with Crippen molar-refractivity contribution in [3.05, 3.63) is 70.5 Å². The highest BCUT2D eigenvalue weighted by Gasteiger charge is 2.03. The summed E-state index contributed by atoms with van der Waals surface area (Å²) in [6.07, 6.45) is 0. The van der Waals surface area contributed by atoms with Crippen molar-refractivity contribution >= 4 is 22.3 Å². The molecule has 0 radical (unpaired) electrons. The Labute approximate surface area is 110 Å². The van der Waals surface area contributed by atoms with Gasteiger partial charge in [-0.1, -0.05) is 29.8 Å². The van der Waals surface area contributed by atoms with Gasteiger partial charge in [0.25, 0.3) is 5.56 Å². The summed E-state index contributed by atoms with van der Waals surface area (Å²) in [7, 11) is 0. The summed E-state index contributed by atoms with van der Waals surface area (Å²) >= 11 is 0. The summed E-state index contributed by atoms with van der Waals surface area (Å²) in [6.45, 7) is 2.04. The van der Waals surface area contributed by atoms with E-state index in [1.54, 1.807) is 0 Å². The van der Waals surface area contributed by atoms with E-state index in [9.17, 15) is 4.79 Å². The maximum Gasteiger partial charge on any atom is 0.272 e. The largest absolute Gasteiger partial charge is 0.351 e. The Morgan fingerprint density at radius 2 is 1.79 bits per heavy atom.